The molecule has 2 fully saturated rings. The van der Waals surface area contributed by atoms with Crippen molar-refractivity contribution in [2.45, 2.75) is 44.8 Å². The molecule has 214 valence electrons. The summed E-state index contributed by atoms with van der Waals surface area (Å²) in [6.45, 7) is 4.51. The summed E-state index contributed by atoms with van der Waals surface area (Å²) in [5.74, 6) is 0.786. The van der Waals surface area contributed by atoms with E-state index in [0.29, 0.717) is 28.7 Å². The first-order chi connectivity index (χ1) is 20.5. The number of hydrogen-bond acceptors (Lipinski definition) is 10. The molecular weight excluding hydrogens is 532 g/mol. The number of aryl methyl sites for hydroxylation is 1. The number of rotatable bonds is 6. The Labute approximate surface area is 242 Å². The summed E-state index contributed by atoms with van der Waals surface area (Å²) >= 11 is 0. The smallest absolute Gasteiger partial charge is 0.266 e. The lowest BCUT2D eigenvalue weighted by molar-refractivity contribution is -0.0208. The molecule has 1 N–H and O–H groups in total. The largest absolute Gasteiger partial charge is 0.422 e. The number of morpholine rings is 1. The van der Waals surface area contributed by atoms with Gasteiger partial charge in [-0.1, -0.05) is 25.0 Å². The second-order valence-electron chi connectivity index (χ2n) is 11.1. The standard InChI is InChI=1S/C31H32N8O3/c1-19-13-26(29-37-34-18-42-29)32-16-25(19)24-14-21-15-33-31(36-28(21)39(30(24)40)23-5-3-4-6-23)35-22-9-7-20(8-10-22)27-17-38(2)11-12-41-27/h7-10,13-16,18,23,27H,3-6,11-12,17H2,1-2H3,(H,33,35,36). The summed E-state index contributed by atoms with van der Waals surface area (Å²) in [4.78, 5) is 30.4. The Morgan fingerprint density at radius 1 is 1.02 bits per heavy atom. The fourth-order valence-corrected chi connectivity index (χ4v) is 6.00. The zero-order chi connectivity index (χ0) is 28.6. The highest BCUT2D eigenvalue weighted by molar-refractivity contribution is 5.83. The Hall–Kier alpha value is -4.48. The normalized spacial score (nSPS) is 18.1. The van der Waals surface area contributed by atoms with E-state index in [-0.39, 0.29) is 17.7 Å². The van der Waals surface area contributed by atoms with Crippen molar-refractivity contribution in [3.63, 3.8) is 0 Å². The summed E-state index contributed by atoms with van der Waals surface area (Å²) in [5.41, 5.74) is 5.37. The summed E-state index contributed by atoms with van der Waals surface area (Å²) in [6.07, 6.45) is 8.89. The van der Waals surface area contributed by atoms with Crippen molar-refractivity contribution in [2.24, 2.45) is 0 Å². The van der Waals surface area contributed by atoms with Crippen molar-refractivity contribution in [1.82, 2.24) is 34.6 Å². The molecule has 1 aromatic carbocycles. The van der Waals surface area contributed by atoms with E-state index >= 15 is 0 Å². The van der Waals surface area contributed by atoms with E-state index in [4.69, 9.17) is 14.1 Å². The van der Waals surface area contributed by atoms with Gasteiger partial charge >= 0.3 is 0 Å². The minimum Gasteiger partial charge on any atom is -0.422 e. The Bertz CT molecular complexity index is 1780. The molecule has 2 aliphatic rings. The summed E-state index contributed by atoms with van der Waals surface area (Å²) in [7, 11) is 2.11. The third kappa shape index (κ3) is 5.05. The Kier molecular flexibility index (Phi) is 6.96. The molecule has 7 rings (SSSR count). The van der Waals surface area contributed by atoms with Crippen molar-refractivity contribution >= 4 is 22.7 Å². The lowest BCUT2D eigenvalue weighted by Crippen LogP contribution is -2.35. The number of likely N-dealkylation sites (N-methyl/N-ethyl adjacent to an activating group) is 1. The molecule has 42 heavy (non-hydrogen) atoms. The number of anilines is 2. The van der Waals surface area contributed by atoms with Crippen molar-refractivity contribution < 1.29 is 9.15 Å². The number of nitrogens with zero attached hydrogens (tertiary/aromatic N) is 7. The third-order valence-corrected chi connectivity index (χ3v) is 8.25. The van der Waals surface area contributed by atoms with Crippen LogP contribution >= 0.6 is 0 Å². The Balaban J connectivity index is 1.23. The molecule has 1 unspecified atom stereocenters. The van der Waals surface area contributed by atoms with Crippen LogP contribution in [0.2, 0.25) is 0 Å². The molecule has 5 heterocycles. The predicted molar refractivity (Wildman–Crippen MR) is 158 cm³/mol. The maximum atomic E-state index is 14.1. The minimum atomic E-state index is -0.0729. The van der Waals surface area contributed by atoms with Crippen molar-refractivity contribution in [3.05, 3.63) is 76.7 Å². The van der Waals surface area contributed by atoms with E-state index < -0.39 is 0 Å². The number of pyridine rings is 2. The van der Waals surface area contributed by atoms with E-state index in [1.807, 2.05) is 35.8 Å². The van der Waals surface area contributed by atoms with Crippen molar-refractivity contribution in [1.29, 1.82) is 0 Å². The molecule has 0 spiro atoms. The number of benzene rings is 1. The molecule has 1 saturated heterocycles. The molecule has 11 heteroatoms. The zero-order valence-corrected chi connectivity index (χ0v) is 23.7. The first-order valence-electron chi connectivity index (χ1n) is 14.4. The van der Waals surface area contributed by atoms with E-state index in [1.165, 1.54) is 6.39 Å². The third-order valence-electron chi connectivity index (χ3n) is 8.25. The fourth-order valence-electron chi connectivity index (χ4n) is 6.00. The van der Waals surface area contributed by atoms with Gasteiger partial charge in [-0.15, -0.1) is 10.2 Å². The molecule has 4 aromatic heterocycles. The Morgan fingerprint density at radius 2 is 1.86 bits per heavy atom. The molecule has 1 atom stereocenters. The zero-order valence-electron chi connectivity index (χ0n) is 23.7. The van der Waals surface area contributed by atoms with Gasteiger partial charge in [0.1, 0.15) is 11.3 Å². The first kappa shape index (κ1) is 26.4. The number of nitrogens with one attached hydrogen (secondary N) is 1. The molecule has 0 amide bonds. The quantitative estimate of drug-likeness (QED) is 0.299. The second kappa shape index (κ2) is 11.1. The van der Waals surface area contributed by atoms with Gasteiger partial charge in [-0.3, -0.25) is 14.3 Å². The monoisotopic (exact) mass is 564 g/mol. The highest BCUT2D eigenvalue weighted by Gasteiger charge is 2.24. The number of aromatic nitrogens is 6. The van der Waals surface area contributed by atoms with E-state index in [1.54, 1.807) is 12.4 Å². The van der Waals surface area contributed by atoms with Crippen LogP contribution in [-0.4, -0.2) is 61.4 Å². The molecule has 1 saturated carbocycles. The van der Waals surface area contributed by atoms with Gasteiger partial charge in [-0.2, -0.15) is 4.98 Å². The van der Waals surface area contributed by atoms with Gasteiger partial charge in [0.2, 0.25) is 12.3 Å². The van der Waals surface area contributed by atoms with Crippen molar-refractivity contribution in [3.8, 4) is 22.7 Å². The van der Waals surface area contributed by atoms with E-state index in [9.17, 15) is 4.79 Å². The van der Waals surface area contributed by atoms with Gasteiger partial charge in [-0.25, -0.2) is 4.98 Å². The van der Waals surface area contributed by atoms with Gasteiger partial charge in [0.15, 0.2) is 0 Å². The fraction of sp³-hybridized carbons (Fsp3) is 0.355. The highest BCUT2D eigenvalue weighted by atomic mass is 16.5. The molecule has 1 aliphatic carbocycles. The molecule has 0 radical (unpaired) electrons. The highest BCUT2D eigenvalue weighted by Crippen LogP contribution is 2.33. The van der Waals surface area contributed by atoms with Crippen LogP contribution in [0.15, 0.2) is 64.4 Å². The average molecular weight is 565 g/mol. The van der Waals surface area contributed by atoms with Crippen LogP contribution in [0, 0.1) is 6.92 Å². The van der Waals surface area contributed by atoms with Crippen LogP contribution in [0.4, 0.5) is 11.6 Å². The number of ether oxygens (including phenoxy) is 1. The van der Waals surface area contributed by atoms with E-state index in [0.717, 1.165) is 73.1 Å². The van der Waals surface area contributed by atoms with Crippen LogP contribution < -0.4 is 10.9 Å². The van der Waals surface area contributed by atoms with Crippen LogP contribution in [0.5, 0.6) is 0 Å². The topological polar surface area (TPSA) is 124 Å². The molecule has 1 aliphatic heterocycles. The molecule has 0 bridgehead atoms. The summed E-state index contributed by atoms with van der Waals surface area (Å²) in [5, 5.41) is 11.8. The van der Waals surface area contributed by atoms with Crippen LogP contribution in [0.25, 0.3) is 33.7 Å². The van der Waals surface area contributed by atoms with Crippen LogP contribution in [0.1, 0.15) is 49.0 Å². The molecular formula is C31H32N8O3. The SMILES string of the molecule is Cc1cc(-c2nnco2)ncc1-c1cc2cnc(Nc3ccc(C4CN(C)CCO4)cc3)nc2n(C2CCCC2)c1=O. The van der Waals surface area contributed by atoms with Crippen molar-refractivity contribution in [2.75, 3.05) is 32.1 Å². The van der Waals surface area contributed by atoms with Gasteiger partial charge in [0.05, 0.1) is 12.7 Å². The number of fused-ring (bicyclic) bond motifs is 1. The Morgan fingerprint density at radius 3 is 2.60 bits per heavy atom. The molecule has 11 nitrogen and oxygen atoms in total. The van der Waals surface area contributed by atoms with Gasteiger partial charge in [0.25, 0.3) is 11.4 Å². The second-order valence-corrected chi connectivity index (χ2v) is 11.1. The first-order valence-corrected chi connectivity index (χ1v) is 14.4. The van der Waals surface area contributed by atoms with E-state index in [2.05, 4.69) is 49.6 Å². The lowest BCUT2D eigenvalue weighted by atomic mass is 10.0. The van der Waals surface area contributed by atoms with Gasteiger partial charge < -0.3 is 19.4 Å². The summed E-state index contributed by atoms with van der Waals surface area (Å²) < 4.78 is 13.1. The predicted octanol–water partition coefficient (Wildman–Crippen LogP) is 5.07. The van der Waals surface area contributed by atoms with Gasteiger partial charge in [0, 0.05) is 53.7 Å². The minimum absolute atomic E-state index is 0.0682. The maximum absolute atomic E-state index is 14.1. The average Bonchev–Trinajstić information content (AvgIpc) is 3.73. The number of hydrogen-bond donors (Lipinski definition) is 1. The maximum Gasteiger partial charge on any atom is 0.266 e. The summed E-state index contributed by atoms with van der Waals surface area (Å²) in [6, 6.07) is 12.0. The van der Waals surface area contributed by atoms with Gasteiger partial charge in [-0.05, 0) is 62.2 Å². The lowest BCUT2D eigenvalue weighted by Gasteiger charge is -2.30. The van der Waals surface area contributed by atoms with Crippen LogP contribution in [0.3, 0.4) is 0 Å². The van der Waals surface area contributed by atoms with Crippen LogP contribution in [-0.2, 0) is 4.74 Å². The molecule has 5 aromatic rings.